The zero-order chi connectivity index (χ0) is 13.5. The highest BCUT2D eigenvalue weighted by atomic mass is 16.4. The summed E-state index contributed by atoms with van der Waals surface area (Å²) in [7, 11) is 0. The van der Waals surface area contributed by atoms with Gasteiger partial charge in [0.2, 0.25) is 0 Å². The van der Waals surface area contributed by atoms with Gasteiger partial charge in [0.25, 0.3) is 0 Å². The largest absolute Gasteiger partial charge is 0.474 e. The van der Waals surface area contributed by atoms with E-state index in [1.165, 1.54) is 4.90 Å². The summed E-state index contributed by atoms with van der Waals surface area (Å²) in [6.45, 7) is 5.82. The lowest BCUT2D eigenvalue weighted by atomic mass is 10.0. The number of carbonyl (C=O) groups excluding carboxylic acids is 2. The highest BCUT2D eigenvalue weighted by Crippen LogP contribution is 2.15. The van der Waals surface area contributed by atoms with Crippen molar-refractivity contribution >= 4 is 18.2 Å². The van der Waals surface area contributed by atoms with Gasteiger partial charge in [-0.25, -0.2) is 4.79 Å². The van der Waals surface area contributed by atoms with Crippen molar-refractivity contribution in [2.24, 2.45) is 0 Å². The molecule has 5 nitrogen and oxygen atoms in total. The molecule has 0 aliphatic carbocycles. The molecule has 0 radical (unpaired) electrons. The molecule has 0 aliphatic heterocycles. The number of rotatable bonds is 6. The van der Waals surface area contributed by atoms with Crippen molar-refractivity contribution in [2.75, 3.05) is 6.54 Å². The molecule has 0 unspecified atom stereocenters. The van der Waals surface area contributed by atoms with Gasteiger partial charge in [0.15, 0.2) is 0 Å². The summed E-state index contributed by atoms with van der Waals surface area (Å²) in [6.07, 6.45) is 3.69. The van der Waals surface area contributed by atoms with Crippen molar-refractivity contribution in [1.29, 1.82) is 0 Å². The zero-order valence-corrected chi connectivity index (χ0v) is 10.7. The molecule has 1 amide bonds. The maximum atomic E-state index is 11.5. The van der Waals surface area contributed by atoms with E-state index in [1.807, 2.05) is 0 Å². The van der Waals surface area contributed by atoms with Crippen LogP contribution in [0.15, 0.2) is 0 Å². The molecule has 0 bridgehead atoms. The Morgan fingerprint density at radius 2 is 1.76 bits per heavy atom. The molecule has 98 valence electrons. The second-order valence-electron chi connectivity index (χ2n) is 4.95. The van der Waals surface area contributed by atoms with Crippen LogP contribution in [0.1, 0.15) is 46.5 Å². The predicted molar refractivity (Wildman–Crippen MR) is 63.6 cm³/mol. The number of carboxylic acid groups (broad SMARTS) is 1. The Hall–Kier alpha value is -1.39. The van der Waals surface area contributed by atoms with Gasteiger partial charge in [0.05, 0.1) is 0 Å². The SMILES string of the molecule is CC(C)(C)N(CCCCCC=O)C(=O)C(=O)O. The lowest BCUT2D eigenvalue weighted by Crippen LogP contribution is -2.49. The van der Waals surface area contributed by atoms with Crippen molar-refractivity contribution in [2.45, 2.75) is 52.0 Å². The Morgan fingerprint density at radius 1 is 1.18 bits per heavy atom. The van der Waals surface area contributed by atoms with Crippen LogP contribution in [0.5, 0.6) is 0 Å². The van der Waals surface area contributed by atoms with Crippen LogP contribution in [-0.4, -0.2) is 40.3 Å². The Balaban J connectivity index is 4.27. The monoisotopic (exact) mass is 243 g/mol. The van der Waals surface area contributed by atoms with Gasteiger partial charge < -0.3 is 14.8 Å². The third-order valence-corrected chi connectivity index (χ3v) is 2.44. The van der Waals surface area contributed by atoms with E-state index in [2.05, 4.69) is 0 Å². The highest BCUT2D eigenvalue weighted by molar-refractivity contribution is 6.31. The number of carbonyl (C=O) groups is 3. The smallest absolute Gasteiger partial charge is 0.394 e. The van der Waals surface area contributed by atoms with E-state index in [1.54, 1.807) is 20.8 Å². The molecule has 0 saturated carbocycles. The first-order valence-electron chi connectivity index (χ1n) is 5.79. The van der Waals surface area contributed by atoms with E-state index < -0.39 is 17.4 Å². The summed E-state index contributed by atoms with van der Waals surface area (Å²) in [4.78, 5) is 33.6. The molecule has 0 fully saturated rings. The molecule has 5 heteroatoms. The summed E-state index contributed by atoms with van der Waals surface area (Å²) in [5, 5.41) is 8.72. The minimum atomic E-state index is -1.42. The fraction of sp³-hybridized carbons (Fsp3) is 0.750. The minimum absolute atomic E-state index is 0.410. The number of hydrogen-bond donors (Lipinski definition) is 1. The number of nitrogens with zero attached hydrogens (tertiary/aromatic N) is 1. The molecule has 0 heterocycles. The highest BCUT2D eigenvalue weighted by Gasteiger charge is 2.29. The van der Waals surface area contributed by atoms with Gasteiger partial charge in [0.1, 0.15) is 6.29 Å². The molecule has 0 aromatic heterocycles. The Labute approximate surface area is 102 Å². The topological polar surface area (TPSA) is 74.7 Å². The average molecular weight is 243 g/mol. The molecule has 0 spiro atoms. The first kappa shape index (κ1) is 15.6. The number of aldehydes is 1. The van der Waals surface area contributed by atoms with E-state index in [9.17, 15) is 14.4 Å². The van der Waals surface area contributed by atoms with Crippen molar-refractivity contribution in [3.8, 4) is 0 Å². The fourth-order valence-corrected chi connectivity index (χ4v) is 1.53. The quantitative estimate of drug-likeness (QED) is 0.435. The average Bonchev–Trinajstić information content (AvgIpc) is 2.20. The molecule has 0 aliphatic rings. The van der Waals surface area contributed by atoms with Gasteiger partial charge in [-0.2, -0.15) is 0 Å². The first-order chi connectivity index (χ1) is 7.80. The maximum Gasteiger partial charge on any atom is 0.394 e. The molecule has 1 N–H and O–H groups in total. The number of unbranched alkanes of at least 4 members (excludes halogenated alkanes) is 3. The van der Waals surface area contributed by atoms with Crippen molar-refractivity contribution in [3.63, 3.8) is 0 Å². The van der Waals surface area contributed by atoms with Crippen LogP contribution in [0.25, 0.3) is 0 Å². The summed E-state index contributed by atoms with van der Waals surface area (Å²) in [5.41, 5.74) is -0.500. The van der Waals surface area contributed by atoms with Crippen molar-refractivity contribution in [3.05, 3.63) is 0 Å². The summed E-state index contributed by atoms with van der Waals surface area (Å²) < 4.78 is 0. The van der Waals surface area contributed by atoms with Crippen LogP contribution in [0.3, 0.4) is 0 Å². The molecule has 17 heavy (non-hydrogen) atoms. The van der Waals surface area contributed by atoms with E-state index in [-0.39, 0.29) is 0 Å². The van der Waals surface area contributed by atoms with E-state index in [0.29, 0.717) is 19.4 Å². The van der Waals surface area contributed by atoms with Crippen LogP contribution < -0.4 is 0 Å². The second kappa shape index (κ2) is 7.04. The predicted octanol–water partition coefficient (Wildman–Crippen LogP) is 1.46. The number of carboxylic acids is 1. The van der Waals surface area contributed by atoms with E-state index in [0.717, 1.165) is 19.1 Å². The molecule has 0 rings (SSSR count). The third-order valence-electron chi connectivity index (χ3n) is 2.44. The Bertz CT molecular complexity index is 281. The summed E-state index contributed by atoms with van der Waals surface area (Å²) in [6, 6.07) is 0. The molecular formula is C12H21NO4. The fourth-order valence-electron chi connectivity index (χ4n) is 1.53. The Morgan fingerprint density at radius 3 is 2.18 bits per heavy atom. The normalized spacial score (nSPS) is 11.0. The van der Waals surface area contributed by atoms with Crippen molar-refractivity contribution in [1.82, 2.24) is 4.90 Å². The third kappa shape index (κ3) is 6.04. The maximum absolute atomic E-state index is 11.5. The van der Waals surface area contributed by atoms with Gasteiger partial charge in [-0.3, -0.25) is 4.79 Å². The van der Waals surface area contributed by atoms with E-state index >= 15 is 0 Å². The minimum Gasteiger partial charge on any atom is -0.474 e. The second-order valence-corrected chi connectivity index (χ2v) is 4.95. The summed E-state index contributed by atoms with van der Waals surface area (Å²) in [5.74, 6) is -2.29. The zero-order valence-electron chi connectivity index (χ0n) is 10.7. The number of amides is 1. The lowest BCUT2D eigenvalue weighted by molar-refractivity contribution is -0.158. The number of hydrogen-bond acceptors (Lipinski definition) is 3. The van der Waals surface area contributed by atoms with Gasteiger partial charge in [-0.1, -0.05) is 6.42 Å². The molecule has 0 aromatic carbocycles. The van der Waals surface area contributed by atoms with Crippen molar-refractivity contribution < 1.29 is 19.5 Å². The molecule has 0 atom stereocenters. The standard InChI is InChI=1S/C12H21NO4/c1-12(2,3)13(10(15)11(16)17)8-6-4-5-7-9-14/h9H,4-8H2,1-3H3,(H,16,17). The van der Waals surface area contributed by atoms with Crippen LogP contribution in [-0.2, 0) is 14.4 Å². The Kier molecular flexibility index (Phi) is 6.46. The molecular weight excluding hydrogens is 222 g/mol. The van der Waals surface area contributed by atoms with Crippen LogP contribution in [0.4, 0.5) is 0 Å². The van der Waals surface area contributed by atoms with Gasteiger partial charge in [0, 0.05) is 18.5 Å². The molecule has 0 aromatic rings. The van der Waals surface area contributed by atoms with Crippen LogP contribution in [0, 0.1) is 0 Å². The van der Waals surface area contributed by atoms with Crippen LogP contribution in [0.2, 0.25) is 0 Å². The molecule has 0 saturated heterocycles. The summed E-state index contributed by atoms with van der Waals surface area (Å²) >= 11 is 0. The van der Waals surface area contributed by atoms with Gasteiger partial charge >= 0.3 is 11.9 Å². The van der Waals surface area contributed by atoms with Crippen LogP contribution >= 0.6 is 0 Å². The van der Waals surface area contributed by atoms with E-state index in [4.69, 9.17) is 5.11 Å². The van der Waals surface area contributed by atoms with Gasteiger partial charge in [-0.05, 0) is 33.6 Å². The first-order valence-corrected chi connectivity index (χ1v) is 5.79. The van der Waals surface area contributed by atoms with Gasteiger partial charge in [-0.15, -0.1) is 0 Å². The lowest BCUT2D eigenvalue weighted by Gasteiger charge is -2.34. The number of aliphatic carboxylic acids is 1.